The molecule has 0 fully saturated rings. The molecule has 0 amide bonds. The summed E-state index contributed by atoms with van der Waals surface area (Å²) >= 11 is 5.98. The number of carbonyl (C=O) groups is 1. The van der Waals surface area contributed by atoms with Gasteiger partial charge in [-0.05, 0) is 12.5 Å². The maximum atomic E-state index is 12.3. The second-order valence-electron chi connectivity index (χ2n) is 4.88. The quantitative estimate of drug-likeness (QED) is 0.386. The highest BCUT2D eigenvalue weighted by molar-refractivity contribution is 6.66. The third-order valence-electron chi connectivity index (χ3n) is 3.35. The molecule has 108 valence electrons. The second-order valence-corrected chi connectivity index (χ2v) is 5.27. The van der Waals surface area contributed by atoms with Crippen molar-refractivity contribution in [3.05, 3.63) is 71.3 Å². The van der Waals surface area contributed by atoms with E-state index < -0.39 is 5.92 Å². The third-order valence-corrected chi connectivity index (χ3v) is 3.69. The fourth-order valence-electron chi connectivity index (χ4n) is 2.14. The Hall–Kier alpha value is -2.13. The standard InChI is InChI=1S/C17H16ClNO2/c1-12-7-9-13(10-8-12)15(17(18)19-21)11-16(20)14-5-3-2-4-6-14/h2-10,15,21H,11H2,1H3/b19-17-. The molecule has 0 aliphatic heterocycles. The van der Waals surface area contributed by atoms with Gasteiger partial charge in [-0.3, -0.25) is 4.79 Å². The Bertz CT molecular complexity index is 636. The van der Waals surface area contributed by atoms with Gasteiger partial charge in [-0.1, -0.05) is 76.9 Å². The summed E-state index contributed by atoms with van der Waals surface area (Å²) in [6, 6.07) is 16.7. The minimum absolute atomic E-state index is 0.0168. The van der Waals surface area contributed by atoms with E-state index in [2.05, 4.69) is 5.16 Å². The van der Waals surface area contributed by atoms with Crippen molar-refractivity contribution >= 4 is 22.6 Å². The van der Waals surface area contributed by atoms with Crippen LogP contribution in [-0.4, -0.2) is 16.2 Å². The van der Waals surface area contributed by atoms with Gasteiger partial charge in [-0.25, -0.2) is 0 Å². The normalized spacial score (nSPS) is 13.0. The third kappa shape index (κ3) is 3.92. The summed E-state index contributed by atoms with van der Waals surface area (Å²) in [6.45, 7) is 1.98. The smallest absolute Gasteiger partial charge is 0.163 e. The molecule has 0 saturated carbocycles. The molecular formula is C17H16ClNO2. The molecule has 0 saturated heterocycles. The van der Waals surface area contributed by atoms with Crippen molar-refractivity contribution < 1.29 is 10.0 Å². The molecule has 0 bridgehead atoms. The molecule has 0 aliphatic rings. The molecule has 0 radical (unpaired) electrons. The molecule has 2 aromatic rings. The van der Waals surface area contributed by atoms with Crippen LogP contribution in [0.25, 0.3) is 0 Å². The minimum atomic E-state index is -0.440. The van der Waals surface area contributed by atoms with E-state index in [4.69, 9.17) is 16.8 Å². The predicted molar refractivity (Wildman–Crippen MR) is 84.4 cm³/mol. The molecule has 4 heteroatoms. The van der Waals surface area contributed by atoms with Crippen LogP contribution in [0, 0.1) is 6.92 Å². The van der Waals surface area contributed by atoms with Crippen LogP contribution in [0.1, 0.15) is 33.8 Å². The zero-order valence-electron chi connectivity index (χ0n) is 11.7. The fourth-order valence-corrected chi connectivity index (χ4v) is 2.34. The molecule has 3 nitrogen and oxygen atoms in total. The van der Waals surface area contributed by atoms with E-state index in [9.17, 15) is 4.79 Å². The highest BCUT2D eigenvalue weighted by atomic mass is 35.5. The highest BCUT2D eigenvalue weighted by Crippen LogP contribution is 2.26. The summed E-state index contributed by atoms with van der Waals surface area (Å²) in [5.41, 5.74) is 2.59. The Morgan fingerprint density at radius 2 is 1.76 bits per heavy atom. The summed E-state index contributed by atoms with van der Waals surface area (Å²) in [6.07, 6.45) is 0.163. The number of oxime groups is 1. The summed E-state index contributed by atoms with van der Waals surface area (Å²) in [5.74, 6) is -0.479. The topological polar surface area (TPSA) is 49.7 Å². The lowest BCUT2D eigenvalue weighted by atomic mass is 9.92. The van der Waals surface area contributed by atoms with Crippen LogP contribution in [0.4, 0.5) is 0 Å². The van der Waals surface area contributed by atoms with Crippen LogP contribution in [0.5, 0.6) is 0 Å². The van der Waals surface area contributed by atoms with Gasteiger partial charge in [0.2, 0.25) is 0 Å². The second kappa shape index (κ2) is 7.04. The number of nitrogens with zero attached hydrogens (tertiary/aromatic N) is 1. The van der Waals surface area contributed by atoms with E-state index in [1.54, 1.807) is 12.1 Å². The van der Waals surface area contributed by atoms with Crippen molar-refractivity contribution in [1.29, 1.82) is 0 Å². The van der Waals surface area contributed by atoms with E-state index in [0.717, 1.165) is 11.1 Å². The number of rotatable bonds is 5. The Morgan fingerprint density at radius 1 is 1.14 bits per heavy atom. The van der Waals surface area contributed by atoms with Crippen molar-refractivity contribution in [2.45, 2.75) is 19.3 Å². The molecule has 2 rings (SSSR count). The first kappa shape index (κ1) is 15.3. The van der Waals surface area contributed by atoms with Gasteiger partial charge in [-0.2, -0.15) is 0 Å². The first-order chi connectivity index (χ1) is 10.1. The van der Waals surface area contributed by atoms with Gasteiger partial charge < -0.3 is 5.21 Å². The van der Waals surface area contributed by atoms with Gasteiger partial charge in [0.05, 0.1) is 0 Å². The molecule has 2 aromatic carbocycles. The van der Waals surface area contributed by atoms with Crippen molar-refractivity contribution in [3.63, 3.8) is 0 Å². The number of benzene rings is 2. The summed E-state index contributed by atoms with van der Waals surface area (Å²) in [4.78, 5) is 12.3. The van der Waals surface area contributed by atoms with Crippen LogP contribution in [0.3, 0.4) is 0 Å². The Kier molecular flexibility index (Phi) is 5.12. The first-order valence-corrected chi connectivity index (χ1v) is 7.02. The van der Waals surface area contributed by atoms with Crippen molar-refractivity contribution in [3.8, 4) is 0 Å². The number of hydrogen-bond acceptors (Lipinski definition) is 3. The van der Waals surface area contributed by atoms with Crippen molar-refractivity contribution in [2.75, 3.05) is 0 Å². The molecule has 0 spiro atoms. The van der Waals surface area contributed by atoms with Crippen LogP contribution in [-0.2, 0) is 0 Å². The van der Waals surface area contributed by atoms with Gasteiger partial charge in [0.15, 0.2) is 11.0 Å². The number of hydrogen-bond donors (Lipinski definition) is 1. The molecule has 1 N–H and O–H groups in total. The lowest BCUT2D eigenvalue weighted by molar-refractivity contribution is 0.0980. The predicted octanol–water partition coefficient (Wildman–Crippen LogP) is 4.38. The van der Waals surface area contributed by atoms with E-state index in [0.29, 0.717) is 5.56 Å². The number of Topliss-reactive ketones (excluding diaryl/α,β-unsaturated/α-hetero) is 1. The molecule has 1 atom stereocenters. The van der Waals surface area contributed by atoms with Crippen LogP contribution >= 0.6 is 11.6 Å². The fraction of sp³-hybridized carbons (Fsp3) is 0.176. The van der Waals surface area contributed by atoms with E-state index >= 15 is 0 Å². The molecule has 0 aromatic heterocycles. The summed E-state index contributed by atoms with van der Waals surface area (Å²) < 4.78 is 0. The number of carbonyl (C=O) groups excluding carboxylic acids is 1. The Morgan fingerprint density at radius 3 is 2.33 bits per heavy atom. The van der Waals surface area contributed by atoms with Crippen LogP contribution in [0.2, 0.25) is 0 Å². The largest absolute Gasteiger partial charge is 0.410 e. The molecular weight excluding hydrogens is 286 g/mol. The van der Waals surface area contributed by atoms with Gasteiger partial charge in [0.1, 0.15) is 0 Å². The maximum Gasteiger partial charge on any atom is 0.163 e. The van der Waals surface area contributed by atoms with Gasteiger partial charge >= 0.3 is 0 Å². The Labute approximate surface area is 128 Å². The van der Waals surface area contributed by atoms with Gasteiger partial charge in [0, 0.05) is 17.9 Å². The number of aryl methyl sites for hydroxylation is 1. The zero-order valence-corrected chi connectivity index (χ0v) is 12.4. The molecule has 1 unspecified atom stereocenters. The SMILES string of the molecule is Cc1ccc(C(CC(=O)c2ccccc2)/C(Cl)=N/O)cc1. The van der Waals surface area contributed by atoms with Gasteiger partial charge in [-0.15, -0.1) is 0 Å². The molecule has 21 heavy (non-hydrogen) atoms. The van der Waals surface area contributed by atoms with Crippen molar-refractivity contribution in [2.24, 2.45) is 5.16 Å². The number of ketones is 1. The van der Waals surface area contributed by atoms with Crippen LogP contribution in [0.15, 0.2) is 59.8 Å². The van der Waals surface area contributed by atoms with E-state index in [1.165, 1.54) is 0 Å². The summed E-state index contributed by atoms with van der Waals surface area (Å²) in [5, 5.41) is 12.0. The Balaban J connectivity index is 2.25. The van der Waals surface area contributed by atoms with Gasteiger partial charge in [0.25, 0.3) is 0 Å². The average molecular weight is 302 g/mol. The maximum absolute atomic E-state index is 12.3. The first-order valence-electron chi connectivity index (χ1n) is 6.64. The van der Waals surface area contributed by atoms with Crippen molar-refractivity contribution in [1.82, 2.24) is 0 Å². The van der Waals surface area contributed by atoms with E-state index in [-0.39, 0.29) is 17.4 Å². The zero-order chi connectivity index (χ0) is 15.2. The average Bonchev–Trinajstić information content (AvgIpc) is 2.53. The lowest BCUT2D eigenvalue weighted by Crippen LogP contribution is -2.13. The molecule has 0 aliphatic carbocycles. The molecule has 0 heterocycles. The highest BCUT2D eigenvalue weighted by Gasteiger charge is 2.22. The monoisotopic (exact) mass is 301 g/mol. The van der Waals surface area contributed by atoms with Crippen LogP contribution < -0.4 is 0 Å². The summed E-state index contributed by atoms with van der Waals surface area (Å²) in [7, 11) is 0. The minimum Gasteiger partial charge on any atom is -0.410 e. The lowest BCUT2D eigenvalue weighted by Gasteiger charge is -2.14. The van der Waals surface area contributed by atoms with E-state index in [1.807, 2.05) is 49.4 Å². The number of halogens is 1.